The lowest BCUT2D eigenvalue weighted by Crippen LogP contribution is -2.26. The van der Waals surface area contributed by atoms with Crippen molar-refractivity contribution in [3.63, 3.8) is 0 Å². The molecule has 2 aromatic carbocycles. The third kappa shape index (κ3) is 4.28. The largest absolute Gasteiger partial charge is 0.496 e. The molecule has 0 aliphatic heterocycles. The summed E-state index contributed by atoms with van der Waals surface area (Å²) in [6, 6.07) is 13.2. The summed E-state index contributed by atoms with van der Waals surface area (Å²) in [6.45, 7) is 5.99. The second kappa shape index (κ2) is 8.52. The van der Waals surface area contributed by atoms with Crippen molar-refractivity contribution in [2.75, 3.05) is 14.2 Å². The van der Waals surface area contributed by atoms with Gasteiger partial charge in [0.25, 0.3) is 5.91 Å². The summed E-state index contributed by atoms with van der Waals surface area (Å²) in [5.41, 5.74) is 3.52. The Hall–Kier alpha value is -3.41. The first-order chi connectivity index (χ1) is 13.5. The second-order valence-corrected chi connectivity index (χ2v) is 6.56. The number of hydrogen-bond acceptors (Lipinski definition) is 5. The van der Waals surface area contributed by atoms with Crippen molar-refractivity contribution in [2.45, 2.75) is 19.9 Å². The molecule has 1 heterocycles. The van der Waals surface area contributed by atoms with Crippen molar-refractivity contribution in [3.05, 3.63) is 77.7 Å². The van der Waals surface area contributed by atoms with Gasteiger partial charge in [-0.3, -0.25) is 4.79 Å². The van der Waals surface area contributed by atoms with Gasteiger partial charge in [0.2, 0.25) is 11.7 Å². The van der Waals surface area contributed by atoms with E-state index in [2.05, 4.69) is 16.7 Å². The summed E-state index contributed by atoms with van der Waals surface area (Å²) in [4.78, 5) is 18.7. The highest BCUT2D eigenvalue weighted by Crippen LogP contribution is 2.22. The van der Waals surface area contributed by atoms with E-state index in [4.69, 9.17) is 9.26 Å². The first kappa shape index (κ1) is 19.4. The highest BCUT2D eigenvalue weighted by molar-refractivity contribution is 5.94. The molecule has 0 aliphatic rings. The van der Waals surface area contributed by atoms with Gasteiger partial charge in [0.05, 0.1) is 13.7 Å². The number of carbonyl (C=O) groups is 1. The average Bonchev–Trinajstić information content (AvgIpc) is 3.16. The first-order valence-electron chi connectivity index (χ1n) is 8.94. The van der Waals surface area contributed by atoms with Gasteiger partial charge in [-0.25, -0.2) is 0 Å². The molecular weight excluding hydrogens is 354 g/mol. The minimum Gasteiger partial charge on any atom is -0.496 e. The monoisotopic (exact) mass is 377 g/mol. The van der Waals surface area contributed by atoms with Crippen LogP contribution in [0.4, 0.5) is 0 Å². The van der Waals surface area contributed by atoms with Crippen LogP contribution in [0.5, 0.6) is 5.75 Å². The fraction of sp³-hybridized carbons (Fsp3) is 0.227. The smallest absolute Gasteiger partial charge is 0.254 e. The molecule has 0 atom stereocenters. The summed E-state index contributed by atoms with van der Waals surface area (Å²) in [5.74, 6) is 1.49. The van der Waals surface area contributed by atoms with Gasteiger partial charge in [0.15, 0.2) is 0 Å². The molecule has 0 unspecified atom stereocenters. The van der Waals surface area contributed by atoms with Gasteiger partial charge in [-0.05, 0) is 37.1 Å². The van der Waals surface area contributed by atoms with Crippen LogP contribution in [-0.4, -0.2) is 35.1 Å². The molecule has 28 heavy (non-hydrogen) atoms. The van der Waals surface area contributed by atoms with Crippen LogP contribution in [0, 0.1) is 6.92 Å². The average molecular weight is 377 g/mol. The highest BCUT2D eigenvalue weighted by Gasteiger charge is 2.17. The molecular formula is C22H23N3O3. The number of amides is 1. The van der Waals surface area contributed by atoms with E-state index < -0.39 is 0 Å². The molecule has 3 aromatic rings. The van der Waals surface area contributed by atoms with Crippen LogP contribution in [-0.2, 0) is 13.0 Å². The van der Waals surface area contributed by atoms with E-state index >= 15 is 0 Å². The summed E-state index contributed by atoms with van der Waals surface area (Å²) >= 11 is 0. The van der Waals surface area contributed by atoms with Crippen molar-refractivity contribution in [1.29, 1.82) is 0 Å². The zero-order valence-corrected chi connectivity index (χ0v) is 16.3. The molecule has 0 fully saturated rings. The zero-order valence-electron chi connectivity index (χ0n) is 16.3. The van der Waals surface area contributed by atoms with Gasteiger partial charge < -0.3 is 14.2 Å². The van der Waals surface area contributed by atoms with E-state index in [9.17, 15) is 4.79 Å². The van der Waals surface area contributed by atoms with Gasteiger partial charge in [-0.2, -0.15) is 4.98 Å². The number of rotatable bonds is 7. The van der Waals surface area contributed by atoms with Gasteiger partial charge in [0, 0.05) is 18.2 Å². The van der Waals surface area contributed by atoms with Crippen molar-refractivity contribution in [3.8, 4) is 17.1 Å². The normalized spacial score (nSPS) is 10.5. The molecule has 0 N–H and O–H groups in total. The van der Waals surface area contributed by atoms with Gasteiger partial charge in [-0.15, -0.1) is 6.58 Å². The lowest BCUT2D eigenvalue weighted by Gasteiger charge is -2.16. The van der Waals surface area contributed by atoms with Gasteiger partial charge >= 0.3 is 0 Å². The van der Waals surface area contributed by atoms with Crippen LogP contribution in [0.3, 0.4) is 0 Å². The molecule has 0 radical (unpaired) electrons. The Bertz CT molecular complexity index is 977. The highest BCUT2D eigenvalue weighted by atomic mass is 16.5. The van der Waals surface area contributed by atoms with Gasteiger partial charge in [-0.1, -0.05) is 41.1 Å². The number of benzene rings is 2. The number of ether oxygens (including phenoxy) is 1. The Kier molecular flexibility index (Phi) is 5.89. The molecule has 6 nitrogen and oxygen atoms in total. The third-order valence-corrected chi connectivity index (χ3v) is 4.39. The molecule has 1 amide bonds. The van der Waals surface area contributed by atoms with Crippen molar-refractivity contribution in [1.82, 2.24) is 15.0 Å². The van der Waals surface area contributed by atoms with Crippen LogP contribution in [0.15, 0.2) is 59.6 Å². The molecule has 3 rings (SSSR count). The van der Waals surface area contributed by atoms with E-state index in [-0.39, 0.29) is 12.5 Å². The summed E-state index contributed by atoms with van der Waals surface area (Å²) in [7, 11) is 3.31. The molecule has 0 aliphatic carbocycles. The lowest BCUT2D eigenvalue weighted by atomic mass is 10.1. The Balaban J connectivity index is 1.73. The number of hydrogen-bond donors (Lipinski definition) is 0. The number of carbonyl (C=O) groups excluding carboxylic acids is 1. The van der Waals surface area contributed by atoms with Crippen molar-refractivity contribution < 1.29 is 14.1 Å². The Morgan fingerprint density at radius 2 is 2.00 bits per heavy atom. The Morgan fingerprint density at radius 3 is 2.68 bits per heavy atom. The fourth-order valence-corrected chi connectivity index (χ4v) is 2.86. The second-order valence-electron chi connectivity index (χ2n) is 6.56. The number of nitrogens with zero attached hydrogens (tertiary/aromatic N) is 3. The van der Waals surface area contributed by atoms with Crippen LogP contribution in [0.1, 0.15) is 27.4 Å². The molecule has 0 spiro atoms. The summed E-state index contributed by atoms with van der Waals surface area (Å²) < 4.78 is 10.7. The van der Waals surface area contributed by atoms with Crippen molar-refractivity contribution in [2.24, 2.45) is 0 Å². The topological polar surface area (TPSA) is 68.5 Å². The Morgan fingerprint density at radius 1 is 1.25 bits per heavy atom. The molecule has 0 bridgehead atoms. The third-order valence-electron chi connectivity index (χ3n) is 4.39. The standard InChI is InChI=1S/C22H23N3O3/c1-5-6-17-13-18(11-12-19(17)27-4)22(26)25(3)14-20-23-21(24-28-20)16-9-7-15(2)8-10-16/h5,7-13H,1,6,14H2,2-4H3. The van der Waals surface area contributed by atoms with Crippen LogP contribution >= 0.6 is 0 Å². The fourth-order valence-electron chi connectivity index (χ4n) is 2.86. The van der Waals surface area contributed by atoms with Gasteiger partial charge in [0.1, 0.15) is 5.75 Å². The lowest BCUT2D eigenvalue weighted by molar-refractivity contribution is 0.0769. The van der Waals surface area contributed by atoms with E-state index in [1.54, 1.807) is 37.3 Å². The number of aromatic nitrogens is 2. The predicted octanol–water partition coefficient (Wildman–Crippen LogP) is 4.05. The van der Waals surface area contributed by atoms with E-state index in [0.29, 0.717) is 23.7 Å². The number of aryl methyl sites for hydroxylation is 1. The molecule has 1 aromatic heterocycles. The van der Waals surface area contributed by atoms with Crippen LogP contribution < -0.4 is 4.74 Å². The quantitative estimate of drug-likeness (QED) is 0.581. The molecule has 144 valence electrons. The maximum Gasteiger partial charge on any atom is 0.254 e. The Labute approximate surface area is 164 Å². The maximum atomic E-state index is 12.8. The maximum absolute atomic E-state index is 12.8. The molecule has 6 heteroatoms. The number of methoxy groups -OCH3 is 1. The number of allylic oxidation sites excluding steroid dienone is 1. The first-order valence-corrected chi connectivity index (χ1v) is 8.94. The molecule has 0 saturated carbocycles. The predicted molar refractivity (Wildman–Crippen MR) is 107 cm³/mol. The van der Waals surface area contributed by atoms with Crippen molar-refractivity contribution >= 4 is 5.91 Å². The zero-order chi connectivity index (χ0) is 20.1. The van der Waals surface area contributed by atoms with E-state index in [0.717, 1.165) is 22.4 Å². The SMILES string of the molecule is C=CCc1cc(C(=O)N(C)Cc2nc(-c3ccc(C)cc3)no2)ccc1OC. The minimum atomic E-state index is -0.136. The summed E-state index contributed by atoms with van der Waals surface area (Å²) in [6.07, 6.45) is 2.40. The summed E-state index contributed by atoms with van der Waals surface area (Å²) in [5, 5.41) is 4.01. The minimum absolute atomic E-state index is 0.136. The van der Waals surface area contributed by atoms with Crippen LogP contribution in [0.2, 0.25) is 0 Å². The van der Waals surface area contributed by atoms with E-state index in [1.165, 1.54) is 0 Å². The molecule has 0 saturated heterocycles. The van der Waals surface area contributed by atoms with E-state index in [1.807, 2.05) is 37.3 Å². The van der Waals surface area contributed by atoms with Crippen LogP contribution in [0.25, 0.3) is 11.4 Å².